The molecule has 142 valence electrons. The number of halogens is 1. The molecule has 6 nitrogen and oxygen atoms in total. The molecule has 0 heterocycles. The third kappa shape index (κ3) is 5.12. The highest BCUT2D eigenvalue weighted by molar-refractivity contribution is 9.10. The van der Waals surface area contributed by atoms with Crippen LogP contribution in [0.25, 0.3) is 6.08 Å². The summed E-state index contributed by atoms with van der Waals surface area (Å²) in [6.07, 6.45) is 1.46. The van der Waals surface area contributed by atoms with E-state index in [9.17, 15) is 10.1 Å². The number of aryl methyl sites for hydroxylation is 2. The summed E-state index contributed by atoms with van der Waals surface area (Å²) in [4.78, 5) is 12.6. The molecule has 1 amide bonds. The van der Waals surface area contributed by atoms with Crippen LogP contribution in [-0.4, -0.2) is 19.6 Å². The summed E-state index contributed by atoms with van der Waals surface area (Å²) in [6.45, 7) is 3.68. The molecule has 2 rings (SSSR count). The third-order valence-electron chi connectivity index (χ3n) is 3.88. The van der Waals surface area contributed by atoms with Gasteiger partial charge in [0.15, 0.2) is 18.1 Å². The molecule has 0 aliphatic rings. The van der Waals surface area contributed by atoms with Gasteiger partial charge < -0.3 is 14.8 Å². The van der Waals surface area contributed by atoms with Crippen LogP contribution in [0.5, 0.6) is 11.5 Å². The van der Waals surface area contributed by atoms with Gasteiger partial charge in [0.25, 0.3) is 5.91 Å². The number of hydrogen-bond acceptors (Lipinski definition) is 5. The number of nitriles is 2. The minimum Gasteiger partial charge on any atom is -0.493 e. The summed E-state index contributed by atoms with van der Waals surface area (Å²) in [5.41, 5.74) is 3.06. The molecule has 0 aliphatic heterocycles. The smallest absolute Gasteiger partial charge is 0.266 e. The van der Waals surface area contributed by atoms with Crippen LogP contribution in [0.15, 0.2) is 40.4 Å². The second-order valence-electron chi connectivity index (χ2n) is 5.91. The predicted octanol–water partition coefficient (Wildman–Crippen LogP) is 4.52. The monoisotopic (exact) mass is 439 g/mol. The van der Waals surface area contributed by atoms with Gasteiger partial charge in [-0.1, -0.05) is 28.1 Å². The summed E-state index contributed by atoms with van der Waals surface area (Å²) in [7, 11) is 1.47. The standard InChI is InChI=1S/C21H18BrN3O3/c1-13-4-5-14(2)18(8-13)25-21(26)16(12-24)9-15-10-19(27-3)20(11-17(15)22)28-7-6-23/h4-5,8-11H,7H2,1-3H3,(H,25,26)/b16-9+. The first kappa shape index (κ1) is 21.0. The molecule has 2 aromatic rings. The lowest BCUT2D eigenvalue weighted by atomic mass is 10.1. The van der Waals surface area contributed by atoms with Crippen LogP contribution in [0.1, 0.15) is 16.7 Å². The zero-order valence-corrected chi connectivity index (χ0v) is 17.3. The van der Waals surface area contributed by atoms with Crippen LogP contribution >= 0.6 is 15.9 Å². The number of hydrogen-bond donors (Lipinski definition) is 1. The Hall–Kier alpha value is -3.29. The van der Waals surface area contributed by atoms with Crippen LogP contribution < -0.4 is 14.8 Å². The quantitative estimate of drug-likeness (QED) is 0.526. The maximum Gasteiger partial charge on any atom is 0.266 e. The van der Waals surface area contributed by atoms with Crippen LogP contribution in [0.3, 0.4) is 0 Å². The number of anilines is 1. The number of rotatable bonds is 6. The molecular weight excluding hydrogens is 422 g/mol. The Morgan fingerprint density at radius 2 is 1.96 bits per heavy atom. The summed E-state index contributed by atoms with van der Waals surface area (Å²) in [5.74, 6) is 0.259. The van der Waals surface area contributed by atoms with Crippen LogP contribution in [-0.2, 0) is 4.79 Å². The summed E-state index contributed by atoms with van der Waals surface area (Å²) < 4.78 is 11.2. The molecule has 1 N–H and O–H groups in total. The summed E-state index contributed by atoms with van der Waals surface area (Å²) in [6, 6.07) is 12.8. The van der Waals surface area contributed by atoms with E-state index in [-0.39, 0.29) is 12.2 Å². The van der Waals surface area contributed by atoms with Gasteiger partial charge in [0, 0.05) is 10.2 Å². The number of methoxy groups -OCH3 is 1. The van der Waals surface area contributed by atoms with Crippen molar-refractivity contribution in [3.63, 3.8) is 0 Å². The molecule has 7 heteroatoms. The van der Waals surface area contributed by atoms with E-state index in [1.54, 1.807) is 12.1 Å². The number of ether oxygens (including phenoxy) is 2. The van der Waals surface area contributed by atoms with Crippen molar-refractivity contribution in [3.05, 3.63) is 57.1 Å². The first-order chi connectivity index (χ1) is 13.4. The molecule has 0 aromatic heterocycles. The zero-order valence-electron chi connectivity index (χ0n) is 15.7. The second kappa shape index (κ2) is 9.59. The average Bonchev–Trinajstić information content (AvgIpc) is 2.68. The molecule has 0 saturated carbocycles. The molecule has 0 fully saturated rings. The first-order valence-corrected chi connectivity index (χ1v) is 9.06. The fraction of sp³-hybridized carbons (Fsp3) is 0.190. The Morgan fingerprint density at radius 1 is 1.21 bits per heavy atom. The van der Waals surface area contributed by atoms with Gasteiger partial charge in [-0.05, 0) is 54.8 Å². The van der Waals surface area contributed by atoms with Crippen molar-refractivity contribution in [1.29, 1.82) is 10.5 Å². The molecule has 0 unspecified atom stereocenters. The molecule has 0 spiro atoms. The number of carbonyl (C=O) groups is 1. The largest absolute Gasteiger partial charge is 0.493 e. The SMILES string of the molecule is COc1cc(/C=C(\C#N)C(=O)Nc2cc(C)ccc2C)c(Br)cc1OCC#N. The van der Waals surface area contributed by atoms with Gasteiger partial charge in [0.1, 0.15) is 17.7 Å². The Bertz CT molecular complexity index is 1020. The fourth-order valence-electron chi connectivity index (χ4n) is 2.41. The van der Waals surface area contributed by atoms with Crippen molar-refractivity contribution in [1.82, 2.24) is 0 Å². The topological polar surface area (TPSA) is 95.1 Å². The number of benzene rings is 2. The highest BCUT2D eigenvalue weighted by Gasteiger charge is 2.14. The fourth-order valence-corrected chi connectivity index (χ4v) is 2.84. The number of nitrogens with zero attached hydrogens (tertiary/aromatic N) is 2. The van der Waals surface area contributed by atoms with Gasteiger partial charge >= 0.3 is 0 Å². The zero-order chi connectivity index (χ0) is 20.7. The van der Waals surface area contributed by atoms with Crippen molar-refractivity contribution >= 4 is 33.6 Å². The summed E-state index contributed by atoms with van der Waals surface area (Å²) >= 11 is 3.39. The maximum absolute atomic E-state index is 12.6. The second-order valence-corrected chi connectivity index (χ2v) is 6.77. The minimum atomic E-state index is -0.508. The molecule has 0 saturated heterocycles. The predicted molar refractivity (Wildman–Crippen MR) is 110 cm³/mol. The maximum atomic E-state index is 12.6. The molecule has 0 bridgehead atoms. The van der Waals surface area contributed by atoms with E-state index in [1.807, 2.05) is 44.2 Å². The Morgan fingerprint density at radius 3 is 2.61 bits per heavy atom. The molecule has 0 radical (unpaired) electrons. The van der Waals surface area contributed by atoms with E-state index < -0.39 is 5.91 Å². The summed E-state index contributed by atoms with van der Waals surface area (Å²) in [5, 5.41) is 20.9. The van der Waals surface area contributed by atoms with Crippen molar-refractivity contribution in [2.45, 2.75) is 13.8 Å². The Balaban J connectivity index is 2.35. The number of amides is 1. The van der Waals surface area contributed by atoms with Gasteiger partial charge in [-0.25, -0.2) is 0 Å². The normalized spacial score (nSPS) is 10.6. The average molecular weight is 440 g/mol. The van der Waals surface area contributed by atoms with Gasteiger partial charge in [0.05, 0.1) is 7.11 Å². The van der Waals surface area contributed by atoms with Crippen LogP contribution in [0.2, 0.25) is 0 Å². The highest BCUT2D eigenvalue weighted by atomic mass is 79.9. The Labute approximate surface area is 172 Å². The van der Waals surface area contributed by atoms with E-state index in [0.29, 0.717) is 27.2 Å². The van der Waals surface area contributed by atoms with Crippen molar-refractivity contribution in [3.8, 4) is 23.6 Å². The highest BCUT2D eigenvalue weighted by Crippen LogP contribution is 2.34. The van der Waals surface area contributed by atoms with E-state index in [1.165, 1.54) is 13.2 Å². The number of carbonyl (C=O) groups excluding carboxylic acids is 1. The lowest BCUT2D eigenvalue weighted by molar-refractivity contribution is -0.112. The van der Waals surface area contributed by atoms with Crippen LogP contribution in [0.4, 0.5) is 5.69 Å². The van der Waals surface area contributed by atoms with Crippen LogP contribution in [0, 0.1) is 36.5 Å². The van der Waals surface area contributed by atoms with Gasteiger partial charge in [-0.3, -0.25) is 4.79 Å². The molecular formula is C21H18BrN3O3. The lowest BCUT2D eigenvalue weighted by Gasteiger charge is -2.12. The van der Waals surface area contributed by atoms with E-state index >= 15 is 0 Å². The van der Waals surface area contributed by atoms with E-state index in [2.05, 4.69) is 21.2 Å². The molecule has 0 aliphatic carbocycles. The van der Waals surface area contributed by atoms with Gasteiger partial charge in [0.2, 0.25) is 0 Å². The van der Waals surface area contributed by atoms with Crippen molar-refractivity contribution < 1.29 is 14.3 Å². The lowest BCUT2D eigenvalue weighted by Crippen LogP contribution is -2.14. The van der Waals surface area contributed by atoms with E-state index in [0.717, 1.165) is 11.1 Å². The van der Waals surface area contributed by atoms with Gasteiger partial charge in [-0.15, -0.1) is 0 Å². The van der Waals surface area contributed by atoms with Gasteiger partial charge in [-0.2, -0.15) is 10.5 Å². The molecule has 28 heavy (non-hydrogen) atoms. The number of nitrogens with one attached hydrogen (secondary N) is 1. The first-order valence-electron chi connectivity index (χ1n) is 8.27. The minimum absolute atomic E-state index is 0.0608. The molecule has 2 aromatic carbocycles. The Kier molecular flexibility index (Phi) is 7.20. The third-order valence-corrected chi connectivity index (χ3v) is 4.57. The van der Waals surface area contributed by atoms with Crippen molar-refractivity contribution in [2.75, 3.05) is 19.0 Å². The molecule has 0 atom stereocenters. The van der Waals surface area contributed by atoms with E-state index in [4.69, 9.17) is 14.7 Å². The van der Waals surface area contributed by atoms with Crippen molar-refractivity contribution in [2.24, 2.45) is 0 Å².